The summed E-state index contributed by atoms with van der Waals surface area (Å²) in [6, 6.07) is 8.34. The number of H-pyrrole nitrogens is 1. The van der Waals surface area contributed by atoms with E-state index in [-0.39, 0.29) is 0 Å². The van der Waals surface area contributed by atoms with Gasteiger partial charge in [0, 0.05) is 31.3 Å². The molecule has 2 aromatic rings. The lowest BCUT2D eigenvalue weighted by molar-refractivity contribution is -0.165. The number of carbonyl (C=O) groups is 1. The Hall–Kier alpha value is -1.85. The first-order valence-electron chi connectivity index (χ1n) is 9.10. The standard InChI is InChI=1S/C20H28N2O3/c1-14(2)5-8-20(19(24)25)13-22(10-7-18(20)23)12-15-3-4-17-16(11-15)6-9-21-17/h3-4,6,9,11,14,18,21,23H,5,7-8,10,12-13H2,1-2H3,(H,24,25)/t18-,20+/m0/s1. The quantitative estimate of drug-likeness (QED) is 0.752. The first kappa shape index (κ1) is 18.0. The van der Waals surface area contributed by atoms with Gasteiger partial charge in [0.1, 0.15) is 5.41 Å². The molecule has 0 bridgehead atoms. The van der Waals surface area contributed by atoms with E-state index in [4.69, 9.17) is 0 Å². The van der Waals surface area contributed by atoms with Crippen molar-refractivity contribution in [3.05, 3.63) is 36.0 Å². The van der Waals surface area contributed by atoms with Crippen molar-refractivity contribution in [2.75, 3.05) is 13.1 Å². The minimum absolute atomic E-state index is 0.404. The van der Waals surface area contributed by atoms with Gasteiger partial charge in [0.25, 0.3) is 0 Å². The molecular weight excluding hydrogens is 316 g/mol. The molecule has 1 aliphatic heterocycles. The molecule has 0 spiro atoms. The molecule has 1 aromatic heterocycles. The fraction of sp³-hybridized carbons (Fsp3) is 0.550. The molecule has 1 saturated heterocycles. The fourth-order valence-electron chi connectivity index (χ4n) is 3.87. The number of likely N-dealkylation sites (tertiary alicyclic amines) is 1. The molecule has 1 fully saturated rings. The monoisotopic (exact) mass is 344 g/mol. The third kappa shape index (κ3) is 3.72. The van der Waals surface area contributed by atoms with E-state index in [1.165, 1.54) is 10.9 Å². The summed E-state index contributed by atoms with van der Waals surface area (Å²) in [7, 11) is 0. The Kier molecular flexibility index (Phi) is 5.16. The van der Waals surface area contributed by atoms with Crippen LogP contribution in [-0.4, -0.2) is 45.3 Å². The number of nitrogens with zero attached hydrogens (tertiary/aromatic N) is 1. The van der Waals surface area contributed by atoms with Crippen LogP contribution in [0.3, 0.4) is 0 Å². The van der Waals surface area contributed by atoms with Gasteiger partial charge in [-0.1, -0.05) is 19.9 Å². The van der Waals surface area contributed by atoms with Gasteiger partial charge in [-0.3, -0.25) is 9.69 Å². The van der Waals surface area contributed by atoms with Crippen LogP contribution in [0.25, 0.3) is 10.9 Å². The van der Waals surface area contributed by atoms with Crippen molar-refractivity contribution in [2.24, 2.45) is 11.3 Å². The molecule has 0 radical (unpaired) electrons. The van der Waals surface area contributed by atoms with Crippen LogP contribution in [0.1, 0.15) is 38.7 Å². The molecule has 5 nitrogen and oxygen atoms in total. The Bertz CT molecular complexity index is 739. The molecule has 0 aliphatic carbocycles. The molecule has 0 unspecified atom stereocenters. The highest BCUT2D eigenvalue weighted by Gasteiger charge is 2.48. The lowest BCUT2D eigenvalue weighted by atomic mass is 9.72. The Morgan fingerprint density at radius 2 is 2.20 bits per heavy atom. The number of carboxylic acid groups (broad SMARTS) is 1. The van der Waals surface area contributed by atoms with E-state index in [0.717, 1.165) is 18.5 Å². The first-order valence-corrected chi connectivity index (χ1v) is 9.10. The SMILES string of the molecule is CC(C)CC[C@@]1(C(=O)O)CN(Cc2ccc3[nH]ccc3c2)CC[C@@H]1O. The van der Waals surface area contributed by atoms with Crippen molar-refractivity contribution in [2.45, 2.75) is 45.8 Å². The predicted molar refractivity (Wildman–Crippen MR) is 98.3 cm³/mol. The van der Waals surface area contributed by atoms with Crippen LogP contribution >= 0.6 is 0 Å². The molecule has 1 aromatic carbocycles. The van der Waals surface area contributed by atoms with Crippen molar-refractivity contribution < 1.29 is 15.0 Å². The van der Waals surface area contributed by atoms with Crippen molar-refractivity contribution in [3.8, 4) is 0 Å². The maximum atomic E-state index is 12.0. The average molecular weight is 344 g/mol. The molecule has 25 heavy (non-hydrogen) atoms. The molecule has 0 amide bonds. The molecule has 0 saturated carbocycles. The molecule has 3 rings (SSSR count). The third-order valence-electron chi connectivity index (χ3n) is 5.48. The molecule has 1 aliphatic rings. The zero-order valence-corrected chi connectivity index (χ0v) is 15.0. The van der Waals surface area contributed by atoms with Crippen molar-refractivity contribution in [1.29, 1.82) is 0 Å². The van der Waals surface area contributed by atoms with Gasteiger partial charge in [-0.25, -0.2) is 0 Å². The van der Waals surface area contributed by atoms with Crippen LogP contribution in [-0.2, 0) is 11.3 Å². The summed E-state index contributed by atoms with van der Waals surface area (Å²) in [6.07, 6.45) is 3.00. The summed E-state index contributed by atoms with van der Waals surface area (Å²) in [5, 5.41) is 21.5. The number of rotatable bonds is 6. The maximum absolute atomic E-state index is 12.0. The van der Waals surface area contributed by atoms with Crippen molar-refractivity contribution >= 4 is 16.9 Å². The normalized spacial score (nSPS) is 24.9. The summed E-state index contributed by atoms with van der Waals surface area (Å²) in [4.78, 5) is 17.4. The largest absolute Gasteiger partial charge is 0.481 e. The Labute approximate surface area is 148 Å². The number of aromatic amines is 1. The highest BCUT2D eigenvalue weighted by molar-refractivity contribution is 5.80. The zero-order chi connectivity index (χ0) is 18.0. The van der Waals surface area contributed by atoms with E-state index in [1.54, 1.807) is 0 Å². The number of piperidine rings is 1. The maximum Gasteiger partial charge on any atom is 0.313 e. The van der Waals surface area contributed by atoms with E-state index in [1.807, 2.05) is 12.3 Å². The van der Waals surface area contributed by atoms with Gasteiger partial charge in [0.15, 0.2) is 0 Å². The second-order valence-electron chi connectivity index (χ2n) is 7.81. The topological polar surface area (TPSA) is 76.6 Å². The number of aliphatic hydroxyl groups excluding tert-OH is 1. The van der Waals surface area contributed by atoms with Crippen molar-refractivity contribution in [3.63, 3.8) is 0 Å². The van der Waals surface area contributed by atoms with Crippen LogP contribution in [0.4, 0.5) is 0 Å². The lowest BCUT2D eigenvalue weighted by Crippen LogP contribution is -2.55. The highest BCUT2D eigenvalue weighted by atomic mass is 16.4. The van der Waals surface area contributed by atoms with Crippen LogP contribution in [0.2, 0.25) is 0 Å². The summed E-state index contributed by atoms with van der Waals surface area (Å²) in [6.45, 7) is 6.03. The molecule has 2 atom stereocenters. The molecular formula is C20H28N2O3. The lowest BCUT2D eigenvalue weighted by Gasteiger charge is -2.43. The number of aliphatic carboxylic acids is 1. The predicted octanol–water partition coefficient (Wildman–Crippen LogP) is 3.24. The number of benzene rings is 1. The van der Waals surface area contributed by atoms with Gasteiger partial charge < -0.3 is 15.2 Å². The summed E-state index contributed by atoms with van der Waals surface area (Å²) >= 11 is 0. The van der Waals surface area contributed by atoms with E-state index in [9.17, 15) is 15.0 Å². The van der Waals surface area contributed by atoms with Gasteiger partial charge in [0.05, 0.1) is 6.10 Å². The van der Waals surface area contributed by atoms with Gasteiger partial charge in [-0.05, 0) is 54.3 Å². The fourth-order valence-corrected chi connectivity index (χ4v) is 3.87. The van der Waals surface area contributed by atoms with Crippen LogP contribution < -0.4 is 0 Å². The number of carboxylic acids is 1. The summed E-state index contributed by atoms with van der Waals surface area (Å²) in [5.41, 5.74) is 1.22. The van der Waals surface area contributed by atoms with Gasteiger partial charge in [-0.15, -0.1) is 0 Å². The smallest absolute Gasteiger partial charge is 0.313 e. The minimum atomic E-state index is -1.05. The Morgan fingerprint density at radius 3 is 2.92 bits per heavy atom. The molecule has 3 N–H and O–H groups in total. The average Bonchev–Trinajstić information content (AvgIpc) is 3.02. The second-order valence-corrected chi connectivity index (χ2v) is 7.81. The second kappa shape index (κ2) is 7.18. The molecule has 2 heterocycles. The zero-order valence-electron chi connectivity index (χ0n) is 15.0. The van der Waals surface area contributed by atoms with Gasteiger partial charge in [0.2, 0.25) is 0 Å². The van der Waals surface area contributed by atoms with E-state index >= 15 is 0 Å². The van der Waals surface area contributed by atoms with Crippen LogP contribution in [0.15, 0.2) is 30.5 Å². The number of aromatic nitrogens is 1. The van der Waals surface area contributed by atoms with Crippen LogP contribution in [0, 0.1) is 11.3 Å². The summed E-state index contributed by atoms with van der Waals surface area (Å²) in [5.74, 6) is -0.443. The summed E-state index contributed by atoms with van der Waals surface area (Å²) < 4.78 is 0. The van der Waals surface area contributed by atoms with E-state index < -0.39 is 17.5 Å². The molecule has 136 valence electrons. The van der Waals surface area contributed by atoms with E-state index in [2.05, 4.69) is 41.9 Å². The Balaban J connectivity index is 1.76. The van der Waals surface area contributed by atoms with Gasteiger partial charge in [-0.2, -0.15) is 0 Å². The third-order valence-corrected chi connectivity index (χ3v) is 5.48. The number of aliphatic hydroxyl groups is 1. The van der Waals surface area contributed by atoms with E-state index in [0.29, 0.717) is 31.8 Å². The Morgan fingerprint density at radius 1 is 1.40 bits per heavy atom. The molecule has 5 heteroatoms. The van der Waals surface area contributed by atoms with Crippen LogP contribution in [0.5, 0.6) is 0 Å². The highest BCUT2D eigenvalue weighted by Crippen LogP contribution is 2.37. The number of nitrogens with one attached hydrogen (secondary N) is 1. The number of hydrogen-bond donors (Lipinski definition) is 3. The van der Waals surface area contributed by atoms with Gasteiger partial charge >= 0.3 is 5.97 Å². The minimum Gasteiger partial charge on any atom is -0.481 e. The van der Waals surface area contributed by atoms with Crippen molar-refractivity contribution in [1.82, 2.24) is 9.88 Å². The number of fused-ring (bicyclic) bond motifs is 1. The first-order chi connectivity index (χ1) is 11.9. The number of hydrogen-bond acceptors (Lipinski definition) is 3.